The molecule has 2 aromatic carbocycles. The van der Waals surface area contributed by atoms with Crippen molar-refractivity contribution < 1.29 is 32.0 Å². The summed E-state index contributed by atoms with van der Waals surface area (Å²) in [5, 5.41) is 6.22. The van der Waals surface area contributed by atoms with Gasteiger partial charge in [-0.2, -0.15) is 13.2 Å². The van der Waals surface area contributed by atoms with Gasteiger partial charge in [0.15, 0.2) is 6.61 Å². The number of carbonyl (C=O) groups is 2. The van der Waals surface area contributed by atoms with E-state index in [1.165, 1.54) is 6.92 Å². The maximum atomic E-state index is 12.8. The molecule has 11 heteroatoms. The van der Waals surface area contributed by atoms with Crippen LogP contribution in [-0.4, -0.2) is 23.6 Å². The Labute approximate surface area is 183 Å². The van der Waals surface area contributed by atoms with E-state index in [9.17, 15) is 22.8 Å². The van der Waals surface area contributed by atoms with Crippen LogP contribution < -0.4 is 5.32 Å². The fourth-order valence-electron chi connectivity index (χ4n) is 2.64. The van der Waals surface area contributed by atoms with E-state index in [0.29, 0.717) is 16.7 Å². The van der Waals surface area contributed by atoms with Crippen molar-refractivity contribution in [1.82, 2.24) is 5.16 Å². The number of hydrogen-bond donors (Lipinski definition) is 1. The Morgan fingerprint density at radius 2 is 1.84 bits per heavy atom. The number of rotatable bonds is 5. The third-order valence-corrected chi connectivity index (χ3v) is 4.76. The number of nitrogens with zero attached hydrogens (tertiary/aromatic N) is 1. The highest BCUT2D eigenvalue weighted by Gasteiger charge is 2.31. The number of benzene rings is 2. The Bertz CT molecular complexity index is 1150. The molecule has 3 aromatic rings. The average molecular weight is 473 g/mol. The van der Waals surface area contributed by atoms with E-state index >= 15 is 0 Å². The van der Waals surface area contributed by atoms with Crippen LogP contribution in [0.1, 0.15) is 21.7 Å². The lowest BCUT2D eigenvalue weighted by molar-refractivity contribution is -0.137. The summed E-state index contributed by atoms with van der Waals surface area (Å²) in [5.41, 5.74) is -0.732. The van der Waals surface area contributed by atoms with Crippen LogP contribution in [0.2, 0.25) is 10.0 Å². The molecule has 1 heterocycles. The molecule has 1 aromatic heterocycles. The maximum Gasteiger partial charge on any atom is 0.416 e. The number of ether oxygens (including phenoxy) is 1. The van der Waals surface area contributed by atoms with Crippen molar-refractivity contribution in [1.29, 1.82) is 0 Å². The number of nitrogens with one attached hydrogen (secondary N) is 1. The van der Waals surface area contributed by atoms with E-state index in [2.05, 4.69) is 10.5 Å². The fourth-order valence-corrected chi connectivity index (χ4v) is 3.03. The molecule has 0 atom stereocenters. The molecular weight excluding hydrogens is 460 g/mol. The van der Waals surface area contributed by atoms with E-state index in [1.54, 1.807) is 24.3 Å². The van der Waals surface area contributed by atoms with Crippen molar-refractivity contribution in [2.24, 2.45) is 0 Å². The highest BCUT2D eigenvalue weighted by molar-refractivity contribution is 6.34. The molecule has 3 rings (SSSR count). The maximum absolute atomic E-state index is 12.8. The van der Waals surface area contributed by atoms with Crippen LogP contribution in [0, 0.1) is 6.92 Å². The summed E-state index contributed by atoms with van der Waals surface area (Å²) in [6.45, 7) is 0.699. The van der Waals surface area contributed by atoms with Gasteiger partial charge in [-0.3, -0.25) is 4.79 Å². The number of hydrogen-bond acceptors (Lipinski definition) is 5. The molecule has 162 valence electrons. The molecule has 0 bridgehead atoms. The van der Waals surface area contributed by atoms with Crippen molar-refractivity contribution in [2.75, 3.05) is 11.9 Å². The first kappa shape index (κ1) is 22.6. The highest BCUT2D eigenvalue weighted by atomic mass is 35.5. The lowest BCUT2D eigenvalue weighted by atomic mass is 10.1. The molecule has 6 nitrogen and oxygen atoms in total. The summed E-state index contributed by atoms with van der Waals surface area (Å²) in [6, 6.07) is 9.07. The molecule has 0 saturated heterocycles. The SMILES string of the molecule is Cc1onc(-c2ccccc2Cl)c1C(=O)OCC(=O)Nc1cc(C(F)(F)F)ccc1Cl. The lowest BCUT2D eigenvalue weighted by Gasteiger charge is -2.12. The number of anilines is 1. The van der Waals surface area contributed by atoms with Gasteiger partial charge in [-0.15, -0.1) is 0 Å². The second-order valence-corrected chi connectivity index (χ2v) is 7.07. The van der Waals surface area contributed by atoms with E-state index in [-0.39, 0.29) is 27.7 Å². The quantitative estimate of drug-likeness (QED) is 0.476. The molecule has 0 fully saturated rings. The number of aryl methyl sites for hydroxylation is 1. The summed E-state index contributed by atoms with van der Waals surface area (Å²) in [6.07, 6.45) is -4.61. The topological polar surface area (TPSA) is 81.4 Å². The molecule has 0 unspecified atom stereocenters. The minimum atomic E-state index is -4.61. The zero-order chi connectivity index (χ0) is 22.8. The van der Waals surface area contributed by atoms with E-state index < -0.39 is 30.2 Å². The second kappa shape index (κ2) is 8.99. The summed E-state index contributed by atoms with van der Waals surface area (Å²) in [5.74, 6) is -1.66. The standard InChI is InChI=1S/C20H13Cl2F3N2O4/c1-10-17(18(27-31-10)12-4-2-3-5-13(12)21)19(29)30-9-16(28)26-15-8-11(20(23,24)25)6-7-14(15)22/h2-8H,9H2,1H3,(H,26,28). The van der Waals surface area contributed by atoms with Crippen LogP contribution in [-0.2, 0) is 15.7 Å². The first-order chi connectivity index (χ1) is 14.6. The van der Waals surface area contributed by atoms with Gasteiger partial charge in [0.05, 0.1) is 21.3 Å². The Morgan fingerprint density at radius 1 is 1.13 bits per heavy atom. The highest BCUT2D eigenvalue weighted by Crippen LogP contribution is 2.34. The predicted octanol–water partition coefficient (Wildman–Crippen LogP) is 5.77. The summed E-state index contributed by atoms with van der Waals surface area (Å²) in [4.78, 5) is 24.6. The third-order valence-electron chi connectivity index (χ3n) is 4.10. The number of alkyl halides is 3. The predicted molar refractivity (Wildman–Crippen MR) is 107 cm³/mol. The first-order valence-electron chi connectivity index (χ1n) is 8.63. The van der Waals surface area contributed by atoms with Gasteiger partial charge in [0.25, 0.3) is 5.91 Å². The number of carbonyl (C=O) groups excluding carboxylic acids is 2. The van der Waals surface area contributed by atoms with Crippen LogP contribution >= 0.6 is 23.2 Å². The minimum Gasteiger partial charge on any atom is -0.452 e. The lowest BCUT2D eigenvalue weighted by Crippen LogP contribution is -2.21. The molecule has 0 aliphatic rings. The van der Waals surface area contributed by atoms with Crippen LogP contribution in [0.15, 0.2) is 47.0 Å². The number of aromatic nitrogens is 1. The van der Waals surface area contributed by atoms with Gasteiger partial charge in [-0.05, 0) is 31.2 Å². The molecular formula is C20H13Cl2F3N2O4. The van der Waals surface area contributed by atoms with Gasteiger partial charge in [0.1, 0.15) is 17.0 Å². The second-order valence-electron chi connectivity index (χ2n) is 6.26. The van der Waals surface area contributed by atoms with E-state index in [1.807, 2.05) is 0 Å². The van der Waals surface area contributed by atoms with Crippen molar-refractivity contribution in [2.45, 2.75) is 13.1 Å². The fraction of sp³-hybridized carbons (Fsp3) is 0.150. The molecule has 1 amide bonds. The molecule has 0 spiro atoms. The number of esters is 1. The Balaban J connectivity index is 1.72. The summed E-state index contributed by atoms with van der Waals surface area (Å²) >= 11 is 12.0. The van der Waals surface area contributed by atoms with Crippen LogP contribution in [0.5, 0.6) is 0 Å². The molecule has 0 aliphatic carbocycles. The van der Waals surface area contributed by atoms with Crippen molar-refractivity contribution in [3.63, 3.8) is 0 Å². The molecule has 1 N–H and O–H groups in total. The van der Waals surface area contributed by atoms with Crippen molar-refractivity contribution in [3.05, 3.63) is 69.4 Å². The largest absolute Gasteiger partial charge is 0.452 e. The number of amides is 1. The van der Waals surface area contributed by atoms with Crippen molar-refractivity contribution >= 4 is 40.8 Å². The average Bonchev–Trinajstić information content (AvgIpc) is 3.08. The van der Waals surface area contributed by atoms with Crippen molar-refractivity contribution in [3.8, 4) is 11.3 Å². The van der Waals surface area contributed by atoms with Crippen LogP contribution in [0.25, 0.3) is 11.3 Å². The van der Waals surface area contributed by atoms with Gasteiger partial charge in [0.2, 0.25) is 0 Å². The van der Waals surface area contributed by atoms with Crippen LogP contribution in [0.3, 0.4) is 0 Å². The molecule has 0 aliphatic heterocycles. The monoisotopic (exact) mass is 472 g/mol. The smallest absolute Gasteiger partial charge is 0.416 e. The van der Waals surface area contributed by atoms with Crippen LogP contribution in [0.4, 0.5) is 18.9 Å². The minimum absolute atomic E-state index is 0.0296. The molecule has 0 radical (unpaired) electrons. The Morgan fingerprint density at radius 3 is 2.52 bits per heavy atom. The zero-order valence-electron chi connectivity index (χ0n) is 15.7. The van der Waals surface area contributed by atoms with Gasteiger partial charge in [-0.1, -0.05) is 46.6 Å². The van der Waals surface area contributed by atoms with E-state index in [0.717, 1.165) is 12.1 Å². The normalized spacial score (nSPS) is 11.3. The zero-order valence-corrected chi connectivity index (χ0v) is 17.2. The third kappa shape index (κ3) is 5.18. The summed E-state index contributed by atoms with van der Waals surface area (Å²) in [7, 11) is 0. The first-order valence-corrected chi connectivity index (χ1v) is 9.38. The van der Waals surface area contributed by atoms with E-state index in [4.69, 9.17) is 32.5 Å². The molecule has 31 heavy (non-hydrogen) atoms. The van der Waals surface area contributed by atoms with Gasteiger partial charge < -0.3 is 14.6 Å². The Kier molecular flexibility index (Phi) is 6.56. The van der Waals surface area contributed by atoms with Gasteiger partial charge >= 0.3 is 12.1 Å². The number of halogens is 5. The van der Waals surface area contributed by atoms with Gasteiger partial charge in [0, 0.05) is 5.56 Å². The summed E-state index contributed by atoms with van der Waals surface area (Å²) < 4.78 is 48.6. The Hall–Kier alpha value is -3.04. The molecule has 0 saturated carbocycles. The van der Waals surface area contributed by atoms with Gasteiger partial charge in [-0.25, -0.2) is 4.79 Å².